The summed E-state index contributed by atoms with van der Waals surface area (Å²) >= 11 is 0. The second-order valence-electron chi connectivity index (χ2n) is 6.15. The maximum atomic E-state index is 12.3. The summed E-state index contributed by atoms with van der Waals surface area (Å²) in [6.07, 6.45) is -1.14. The van der Waals surface area contributed by atoms with Crippen LogP contribution in [-0.4, -0.2) is 45.8 Å². The maximum absolute atomic E-state index is 12.3. The Kier molecular flexibility index (Phi) is 6.70. The van der Waals surface area contributed by atoms with Crippen LogP contribution in [0.5, 0.6) is 0 Å². The summed E-state index contributed by atoms with van der Waals surface area (Å²) in [6.45, 7) is 1.26. The number of nitrogens with one attached hydrogen (secondary N) is 1. The summed E-state index contributed by atoms with van der Waals surface area (Å²) in [7, 11) is -0.760. The zero-order valence-corrected chi connectivity index (χ0v) is 16.2. The Labute approximate surface area is 159 Å². The van der Waals surface area contributed by atoms with E-state index < -0.39 is 34.5 Å². The van der Waals surface area contributed by atoms with Crippen LogP contribution < -0.4 is 4.72 Å². The largest absolute Gasteiger partial charge is 0.446 e. The molecule has 0 radical (unpaired) electrons. The molecule has 0 bridgehead atoms. The molecule has 0 aliphatic carbocycles. The minimum Gasteiger partial charge on any atom is -0.446 e. The number of aryl methyl sites for hydroxylation is 1. The summed E-state index contributed by atoms with van der Waals surface area (Å²) < 4.78 is 31.9. The molecule has 0 aliphatic heterocycles. The van der Waals surface area contributed by atoms with Gasteiger partial charge in [0.1, 0.15) is 6.54 Å². The average Bonchev–Trinajstić information content (AvgIpc) is 2.65. The van der Waals surface area contributed by atoms with Gasteiger partial charge in [0.2, 0.25) is 16.1 Å². The van der Waals surface area contributed by atoms with Gasteiger partial charge in [0.25, 0.3) is 5.91 Å². The number of sulfonamides is 1. The summed E-state index contributed by atoms with van der Waals surface area (Å²) in [5.74, 6) is -1.27. The highest BCUT2D eigenvalue weighted by molar-refractivity contribution is 7.89. The van der Waals surface area contributed by atoms with Crippen LogP contribution in [0.25, 0.3) is 0 Å². The summed E-state index contributed by atoms with van der Waals surface area (Å²) in [4.78, 5) is 25.9. The van der Waals surface area contributed by atoms with Gasteiger partial charge in [-0.2, -0.15) is 4.72 Å². The van der Waals surface area contributed by atoms with Gasteiger partial charge < -0.3 is 9.64 Å². The lowest BCUT2D eigenvalue weighted by molar-refractivity contribution is -0.158. The fraction of sp³-hybridized carbons (Fsp3) is 0.263. The Bertz CT molecular complexity index is 893. The summed E-state index contributed by atoms with van der Waals surface area (Å²) in [5.41, 5.74) is 1.42. The van der Waals surface area contributed by atoms with Crippen LogP contribution in [0.1, 0.15) is 17.2 Å². The van der Waals surface area contributed by atoms with Gasteiger partial charge in [-0.05, 0) is 19.1 Å². The van der Waals surface area contributed by atoms with Crippen molar-refractivity contribution in [1.29, 1.82) is 0 Å². The van der Waals surface area contributed by atoms with Crippen LogP contribution in [0.4, 0.5) is 0 Å². The Morgan fingerprint density at radius 1 is 1.04 bits per heavy atom. The number of carbonyl (C=O) groups is 2. The number of rotatable bonds is 7. The molecular weight excluding hydrogens is 368 g/mol. The molecule has 0 aliphatic rings. The number of hydrogen-bond acceptors (Lipinski definition) is 5. The van der Waals surface area contributed by atoms with Gasteiger partial charge in [0.05, 0.1) is 4.90 Å². The van der Waals surface area contributed by atoms with Crippen LogP contribution >= 0.6 is 0 Å². The molecule has 27 heavy (non-hydrogen) atoms. The van der Waals surface area contributed by atoms with E-state index in [0.717, 1.165) is 5.56 Å². The number of likely N-dealkylation sites (N-methyl/N-ethyl adjacent to an activating group) is 1. The molecule has 8 heteroatoms. The van der Waals surface area contributed by atoms with E-state index in [0.29, 0.717) is 5.56 Å². The normalized spacial score (nSPS) is 12.3. The number of nitrogens with zero attached hydrogens (tertiary/aromatic N) is 1. The molecule has 0 spiro atoms. The van der Waals surface area contributed by atoms with E-state index in [1.54, 1.807) is 56.6 Å². The molecule has 0 fully saturated rings. The Hall–Kier alpha value is -2.71. The van der Waals surface area contributed by atoms with Gasteiger partial charge in [-0.1, -0.05) is 48.0 Å². The monoisotopic (exact) mass is 390 g/mol. The van der Waals surface area contributed by atoms with E-state index in [9.17, 15) is 18.0 Å². The van der Waals surface area contributed by atoms with Gasteiger partial charge in [-0.15, -0.1) is 0 Å². The first-order valence-electron chi connectivity index (χ1n) is 8.22. The zero-order chi connectivity index (χ0) is 20.0. The van der Waals surface area contributed by atoms with Crippen molar-refractivity contribution >= 4 is 21.9 Å². The van der Waals surface area contributed by atoms with Crippen LogP contribution in [0, 0.1) is 6.92 Å². The average molecular weight is 390 g/mol. The first-order valence-corrected chi connectivity index (χ1v) is 9.71. The van der Waals surface area contributed by atoms with E-state index >= 15 is 0 Å². The molecular formula is C19H22N2O5S. The van der Waals surface area contributed by atoms with Crippen LogP contribution in [-0.2, 0) is 24.3 Å². The van der Waals surface area contributed by atoms with Gasteiger partial charge >= 0.3 is 5.97 Å². The SMILES string of the molecule is Cc1ccc(S(=O)(=O)NCC(=O)O[C@@H](C(=O)N(C)C)c2ccccc2)cc1. The van der Waals surface area contributed by atoms with E-state index in [1.165, 1.54) is 17.0 Å². The molecule has 0 aromatic heterocycles. The standard InChI is InChI=1S/C19H22N2O5S/c1-14-9-11-16(12-10-14)27(24,25)20-13-17(22)26-18(19(23)21(2)3)15-7-5-4-6-8-15/h4-12,18,20H,13H2,1-3H3/t18-/m1/s1. The molecule has 144 valence electrons. The third kappa shape index (κ3) is 5.63. The number of hydrogen-bond donors (Lipinski definition) is 1. The highest BCUT2D eigenvalue weighted by atomic mass is 32.2. The molecule has 1 amide bonds. The van der Waals surface area contributed by atoms with Crippen molar-refractivity contribution in [3.8, 4) is 0 Å². The fourth-order valence-electron chi connectivity index (χ4n) is 2.25. The molecule has 1 N–H and O–H groups in total. The maximum Gasteiger partial charge on any atom is 0.322 e. The smallest absolute Gasteiger partial charge is 0.322 e. The van der Waals surface area contributed by atoms with Crippen molar-refractivity contribution in [2.24, 2.45) is 0 Å². The first kappa shape index (κ1) is 20.6. The minimum absolute atomic E-state index is 0.0462. The minimum atomic E-state index is -3.86. The predicted octanol–water partition coefficient (Wildman–Crippen LogP) is 1.65. The van der Waals surface area contributed by atoms with E-state index in [4.69, 9.17) is 4.74 Å². The quantitative estimate of drug-likeness (QED) is 0.726. The van der Waals surface area contributed by atoms with Gasteiger partial charge in [0.15, 0.2) is 0 Å². The van der Waals surface area contributed by atoms with Gasteiger partial charge in [-0.3, -0.25) is 9.59 Å². The van der Waals surface area contributed by atoms with Crippen molar-refractivity contribution in [3.63, 3.8) is 0 Å². The molecule has 0 unspecified atom stereocenters. The van der Waals surface area contributed by atoms with Gasteiger partial charge in [0, 0.05) is 19.7 Å². The number of ether oxygens (including phenoxy) is 1. The zero-order valence-electron chi connectivity index (χ0n) is 15.4. The van der Waals surface area contributed by atoms with Crippen molar-refractivity contribution < 1.29 is 22.7 Å². The number of amides is 1. The highest BCUT2D eigenvalue weighted by Crippen LogP contribution is 2.19. The Balaban J connectivity index is 2.07. The lowest BCUT2D eigenvalue weighted by atomic mass is 10.1. The molecule has 0 heterocycles. The lowest BCUT2D eigenvalue weighted by Crippen LogP contribution is -2.35. The molecule has 2 aromatic carbocycles. The van der Waals surface area contributed by atoms with E-state index in [1.807, 2.05) is 6.92 Å². The third-order valence-corrected chi connectivity index (χ3v) is 5.17. The van der Waals surface area contributed by atoms with Gasteiger partial charge in [-0.25, -0.2) is 8.42 Å². The van der Waals surface area contributed by atoms with Crippen LogP contribution in [0.15, 0.2) is 59.5 Å². The predicted molar refractivity (Wildman–Crippen MR) is 100 cm³/mol. The topological polar surface area (TPSA) is 92.8 Å². The summed E-state index contributed by atoms with van der Waals surface area (Å²) in [6, 6.07) is 14.8. The molecule has 2 rings (SSSR count). The fourth-order valence-corrected chi connectivity index (χ4v) is 3.22. The van der Waals surface area contributed by atoms with E-state index in [-0.39, 0.29) is 4.90 Å². The number of carbonyl (C=O) groups excluding carboxylic acids is 2. The van der Waals surface area contributed by atoms with Crippen molar-refractivity contribution in [2.45, 2.75) is 17.9 Å². The highest BCUT2D eigenvalue weighted by Gasteiger charge is 2.27. The van der Waals surface area contributed by atoms with Crippen molar-refractivity contribution in [3.05, 3.63) is 65.7 Å². The van der Waals surface area contributed by atoms with E-state index in [2.05, 4.69) is 4.72 Å². The first-order chi connectivity index (χ1) is 12.7. The second kappa shape index (κ2) is 8.79. The van der Waals surface area contributed by atoms with Crippen molar-refractivity contribution in [2.75, 3.05) is 20.6 Å². The molecule has 0 saturated carbocycles. The molecule has 7 nitrogen and oxygen atoms in total. The summed E-state index contributed by atoms with van der Waals surface area (Å²) in [5, 5.41) is 0. The van der Waals surface area contributed by atoms with Crippen LogP contribution in [0.2, 0.25) is 0 Å². The molecule has 1 atom stereocenters. The molecule has 0 saturated heterocycles. The van der Waals surface area contributed by atoms with Crippen LogP contribution in [0.3, 0.4) is 0 Å². The number of esters is 1. The van der Waals surface area contributed by atoms with Crippen molar-refractivity contribution in [1.82, 2.24) is 9.62 Å². The third-order valence-electron chi connectivity index (χ3n) is 3.75. The number of benzene rings is 2. The lowest BCUT2D eigenvalue weighted by Gasteiger charge is -2.21. The second-order valence-corrected chi connectivity index (χ2v) is 7.92. The Morgan fingerprint density at radius 3 is 2.19 bits per heavy atom. The Morgan fingerprint density at radius 2 is 1.63 bits per heavy atom. The molecule has 2 aromatic rings.